The van der Waals surface area contributed by atoms with Crippen molar-refractivity contribution in [1.82, 2.24) is 16.0 Å². The van der Waals surface area contributed by atoms with Crippen molar-refractivity contribution in [3.63, 3.8) is 0 Å². The van der Waals surface area contributed by atoms with Crippen LogP contribution in [0.15, 0.2) is 66.7 Å². The number of carbonyl (C=O) groups is 5. The maximum absolute atomic E-state index is 13.9. The number of carboxylic acid groups (broad SMARTS) is 1. The summed E-state index contributed by atoms with van der Waals surface area (Å²) in [6.45, 7) is 0.284. The van der Waals surface area contributed by atoms with Crippen molar-refractivity contribution in [1.29, 1.82) is 0 Å². The van der Waals surface area contributed by atoms with Gasteiger partial charge in [-0.2, -0.15) is 0 Å². The zero-order valence-corrected chi connectivity index (χ0v) is 28.7. The number of benzene rings is 3. The average molecular weight is 709 g/mol. The number of fused-ring (bicyclic) bond motifs is 1. The lowest BCUT2D eigenvalue weighted by molar-refractivity contribution is -0.143. The molecule has 0 unspecified atom stereocenters. The summed E-state index contributed by atoms with van der Waals surface area (Å²) in [5, 5.41) is 20.1. The highest BCUT2D eigenvalue weighted by molar-refractivity contribution is 7.50. The Bertz CT molecular complexity index is 1730. The lowest BCUT2D eigenvalue weighted by atomic mass is 9.79. The molecule has 0 bridgehead atoms. The summed E-state index contributed by atoms with van der Waals surface area (Å²) in [7, 11) is -4.28. The van der Waals surface area contributed by atoms with Crippen LogP contribution in [0.5, 0.6) is 0 Å². The predicted molar refractivity (Wildman–Crippen MR) is 187 cm³/mol. The fraction of sp³-hybridized carbons (Fsp3) is 0.417. The number of primary amides is 1. The predicted octanol–water partition coefficient (Wildman–Crippen LogP) is 3.08. The van der Waals surface area contributed by atoms with Gasteiger partial charge in [-0.3, -0.25) is 28.5 Å². The third-order valence-corrected chi connectivity index (χ3v) is 9.80. The number of amides is 4. The molecule has 2 atom stereocenters. The molecule has 4 rings (SSSR count). The third-order valence-electron chi connectivity index (χ3n) is 9.02. The Labute approximate surface area is 290 Å². The first-order chi connectivity index (χ1) is 23.7. The SMILES string of the molecule is NC(=O)C[C@H](NC(=O)C1(NC(=O)[C@H](CC(=O)O)Cc2ccc(CP(=O)(O)O)cc2)CCCCC1)C(=O)NCCCc1cccc2ccccc12. The molecule has 14 heteroatoms. The van der Waals surface area contributed by atoms with Crippen LogP contribution < -0.4 is 21.7 Å². The minimum absolute atomic E-state index is 0.00248. The highest BCUT2D eigenvalue weighted by Crippen LogP contribution is 2.39. The van der Waals surface area contributed by atoms with E-state index >= 15 is 0 Å². The van der Waals surface area contributed by atoms with E-state index in [1.807, 2.05) is 42.5 Å². The van der Waals surface area contributed by atoms with Crippen LogP contribution in [0.25, 0.3) is 10.8 Å². The van der Waals surface area contributed by atoms with Crippen LogP contribution in [0.4, 0.5) is 0 Å². The second-order valence-electron chi connectivity index (χ2n) is 13.0. The molecule has 0 saturated heterocycles. The van der Waals surface area contributed by atoms with Crippen LogP contribution in [0.2, 0.25) is 0 Å². The van der Waals surface area contributed by atoms with E-state index in [0.717, 1.165) is 22.8 Å². The number of rotatable bonds is 17. The first kappa shape index (κ1) is 38.2. The Kier molecular flexibility index (Phi) is 13.3. The maximum atomic E-state index is 13.9. The van der Waals surface area contributed by atoms with Crippen molar-refractivity contribution >= 4 is 48.0 Å². The fourth-order valence-corrected chi connectivity index (χ4v) is 7.19. The largest absolute Gasteiger partial charge is 0.481 e. The minimum atomic E-state index is -4.28. The molecule has 3 aromatic rings. The Morgan fingerprint density at radius 1 is 0.840 bits per heavy atom. The molecule has 1 aliphatic carbocycles. The molecular weight excluding hydrogens is 663 g/mol. The molecule has 268 valence electrons. The number of carbonyl (C=O) groups excluding carboxylic acids is 4. The summed E-state index contributed by atoms with van der Waals surface area (Å²) in [6, 6.07) is 18.9. The Morgan fingerprint density at radius 3 is 2.16 bits per heavy atom. The van der Waals surface area contributed by atoms with Crippen molar-refractivity contribution in [2.45, 2.75) is 82.0 Å². The first-order valence-corrected chi connectivity index (χ1v) is 18.5. The number of aryl methyl sites for hydroxylation is 1. The number of hydrogen-bond donors (Lipinski definition) is 7. The maximum Gasteiger partial charge on any atom is 0.329 e. The lowest BCUT2D eigenvalue weighted by Gasteiger charge is -2.38. The van der Waals surface area contributed by atoms with E-state index in [0.29, 0.717) is 36.8 Å². The molecule has 8 N–H and O–H groups in total. The Morgan fingerprint density at radius 2 is 1.50 bits per heavy atom. The van der Waals surface area contributed by atoms with E-state index in [4.69, 9.17) is 5.73 Å². The van der Waals surface area contributed by atoms with E-state index in [1.54, 1.807) is 12.1 Å². The zero-order chi connectivity index (χ0) is 36.3. The van der Waals surface area contributed by atoms with Crippen molar-refractivity contribution < 1.29 is 43.4 Å². The molecule has 13 nitrogen and oxygen atoms in total. The van der Waals surface area contributed by atoms with Crippen LogP contribution in [-0.4, -0.2) is 62.6 Å². The zero-order valence-electron chi connectivity index (χ0n) is 27.8. The number of nitrogens with one attached hydrogen (secondary N) is 3. The summed E-state index contributed by atoms with van der Waals surface area (Å²) < 4.78 is 11.3. The van der Waals surface area contributed by atoms with Gasteiger partial charge in [0.2, 0.25) is 23.6 Å². The Hall–Kier alpha value is -4.58. The molecule has 1 saturated carbocycles. The van der Waals surface area contributed by atoms with E-state index in [9.17, 15) is 43.4 Å². The summed E-state index contributed by atoms with van der Waals surface area (Å²) in [4.78, 5) is 83.0. The summed E-state index contributed by atoms with van der Waals surface area (Å²) in [6.07, 6.45) is 2.36. The standard InChI is InChI=1S/C36H45N4O9P/c37-31(41)22-30(34(45)38-19-7-11-27-10-6-9-26-8-2-3-12-29(26)27)39-35(46)36(17-4-1-5-18-36)40-33(44)28(21-32(42)43)20-24-13-15-25(16-14-24)23-50(47,48)49/h2-3,6,8-10,12-16,28,30H,1,4-5,7,11,17-23H2,(H2,37,41)(H,38,45)(H,39,46)(H,40,44)(H,42,43)(H2,47,48,49)/t28-,30-/m0/s1. The van der Waals surface area contributed by atoms with Gasteiger partial charge < -0.3 is 36.6 Å². The molecule has 0 radical (unpaired) electrons. The van der Waals surface area contributed by atoms with Gasteiger partial charge in [0.25, 0.3) is 0 Å². The highest BCUT2D eigenvalue weighted by Gasteiger charge is 2.43. The van der Waals surface area contributed by atoms with E-state index in [1.165, 1.54) is 12.1 Å². The van der Waals surface area contributed by atoms with Crippen LogP contribution in [0, 0.1) is 5.92 Å². The van der Waals surface area contributed by atoms with Gasteiger partial charge in [0.05, 0.1) is 24.9 Å². The van der Waals surface area contributed by atoms with Gasteiger partial charge in [-0.15, -0.1) is 0 Å². The van der Waals surface area contributed by atoms with Crippen LogP contribution in [0.3, 0.4) is 0 Å². The van der Waals surface area contributed by atoms with Crippen LogP contribution >= 0.6 is 7.60 Å². The fourth-order valence-electron chi connectivity index (χ4n) is 6.50. The van der Waals surface area contributed by atoms with Crippen molar-refractivity contribution in [2.75, 3.05) is 6.54 Å². The molecule has 50 heavy (non-hydrogen) atoms. The van der Waals surface area contributed by atoms with E-state index in [2.05, 4.69) is 16.0 Å². The van der Waals surface area contributed by atoms with Gasteiger partial charge in [0.1, 0.15) is 11.6 Å². The lowest BCUT2D eigenvalue weighted by Crippen LogP contribution is -2.63. The molecule has 1 aliphatic rings. The number of aliphatic carboxylic acids is 1. The van der Waals surface area contributed by atoms with Gasteiger partial charge in [0, 0.05) is 6.54 Å². The molecule has 3 aromatic carbocycles. The van der Waals surface area contributed by atoms with Gasteiger partial charge in [0.15, 0.2) is 0 Å². The van der Waals surface area contributed by atoms with E-state index < -0.39 is 73.7 Å². The topological polar surface area (TPSA) is 225 Å². The molecule has 4 amide bonds. The summed E-state index contributed by atoms with van der Waals surface area (Å²) >= 11 is 0. The molecule has 0 spiro atoms. The van der Waals surface area contributed by atoms with Gasteiger partial charge >= 0.3 is 13.6 Å². The molecule has 0 aliphatic heterocycles. The monoisotopic (exact) mass is 708 g/mol. The molecule has 1 fully saturated rings. The van der Waals surface area contributed by atoms with Crippen LogP contribution in [-0.2, 0) is 47.5 Å². The van der Waals surface area contributed by atoms with Crippen LogP contribution in [0.1, 0.15) is 68.1 Å². The third kappa shape index (κ3) is 11.2. The number of nitrogens with two attached hydrogens (primary N) is 1. The second-order valence-corrected chi connectivity index (χ2v) is 14.6. The Balaban J connectivity index is 1.42. The van der Waals surface area contributed by atoms with E-state index in [-0.39, 0.29) is 25.8 Å². The minimum Gasteiger partial charge on any atom is -0.481 e. The summed E-state index contributed by atoms with van der Waals surface area (Å²) in [5.41, 5.74) is 6.10. The average Bonchev–Trinajstić information content (AvgIpc) is 3.06. The van der Waals surface area contributed by atoms with Gasteiger partial charge in [-0.05, 0) is 59.6 Å². The number of carboxylic acids is 1. The van der Waals surface area contributed by atoms with Gasteiger partial charge in [-0.1, -0.05) is 86.0 Å². The molecule has 0 heterocycles. The van der Waals surface area contributed by atoms with Crippen molar-refractivity contribution in [3.8, 4) is 0 Å². The van der Waals surface area contributed by atoms with Crippen molar-refractivity contribution in [3.05, 3.63) is 83.4 Å². The van der Waals surface area contributed by atoms with Crippen molar-refractivity contribution in [2.24, 2.45) is 11.7 Å². The summed E-state index contributed by atoms with van der Waals surface area (Å²) in [5.74, 6) is -4.98. The number of hydrogen-bond acceptors (Lipinski definition) is 6. The van der Waals surface area contributed by atoms with Gasteiger partial charge in [-0.25, -0.2) is 0 Å². The normalized spacial score (nSPS) is 15.4. The molecular formula is C36H45N4O9P. The molecule has 0 aromatic heterocycles. The smallest absolute Gasteiger partial charge is 0.329 e. The quantitative estimate of drug-likeness (QED) is 0.0807. The second kappa shape index (κ2) is 17.4. The first-order valence-electron chi connectivity index (χ1n) is 16.7. The highest BCUT2D eigenvalue weighted by atomic mass is 31.2.